The molecule has 22 heavy (non-hydrogen) atoms. The fraction of sp³-hybridized carbons (Fsp3) is 0. The first-order valence-corrected chi connectivity index (χ1v) is 7.00. The Labute approximate surface area is 135 Å². The van der Waals surface area contributed by atoms with Crippen LogP contribution in [-0.4, -0.2) is 11.9 Å². The molecular formula is C16H8Cl2O4. The summed E-state index contributed by atoms with van der Waals surface area (Å²) >= 11 is 11.7. The quantitative estimate of drug-likeness (QED) is 0.471. The number of carbonyl (C=O) groups is 2. The highest BCUT2D eigenvalue weighted by molar-refractivity contribution is 6.34. The Balaban J connectivity index is 1.84. The van der Waals surface area contributed by atoms with Crippen molar-refractivity contribution in [1.82, 2.24) is 0 Å². The van der Waals surface area contributed by atoms with E-state index in [1.54, 1.807) is 24.3 Å². The van der Waals surface area contributed by atoms with Crippen molar-refractivity contribution in [2.75, 3.05) is 0 Å². The number of cyclic esters (lactones) is 1. The third-order valence-electron chi connectivity index (χ3n) is 2.92. The fourth-order valence-corrected chi connectivity index (χ4v) is 2.54. The van der Waals surface area contributed by atoms with Gasteiger partial charge < -0.3 is 9.47 Å². The zero-order valence-corrected chi connectivity index (χ0v) is 12.5. The first-order valence-electron chi connectivity index (χ1n) is 6.24. The average molecular weight is 335 g/mol. The standard InChI is InChI=1S/C16H8Cl2O4/c17-9-5-10(18)7-11(6-9)21-15(19)8-14-12-3-1-2-4-13(12)16(20)22-14/h1-8H/b14-8-. The number of benzene rings is 2. The summed E-state index contributed by atoms with van der Waals surface area (Å²) in [5.74, 6) is -0.839. The number of hydrogen-bond donors (Lipinski definition) is 0. The van der Waals surface area contributed by atoms with Crippen LogP contribution in [-0.2, 0) is 9.53 Å². The van der Waals surface area contributed by atoms with Crippen molar-refractivity contribution in [3.63, 3.8) is 0 Å². The predicted molar refractivity (Wildman–Crippen MR) is 81.9 cm³/mol. The lowest BCUT2D eigenvalue weighted by Crippen LogP contribution is -2.05. The monoisotopic (exact) mass is 334 g/mol. The van der Waals surface area contributed by atoms with Gasteiger partial charge in [-0.1, -0.05) is 41.4 Å². The lowest BCUT2D eigenvalue weighted by Gasteiger charge is -2.03. The summed E-state index contributed by atoms with van der Waals surface area (Å²) in [5.41, 5.74) is 0.959. The van der Waals surface area contributed by atoms with Gasteiger partial charge in [0.2, 0.25) is 0 Å². The normalized spacial score (nSPS) is 14.6. The maximum atomic E-state index is 11.9. The first-order chi connectivity index (χ1) is 10.5. The molecule has 3 rings (SSSR count). The van der Waals surface area contributed by atoms with Crippen LogP contribution in [0.4, 0.5) is 0 Å². The molecule has 0 aliphatic carbocycles. The number of halogens is 2. The Morgan fingerprint density at radius 3 is 2.36 bits per heavy atom. The summed E-state index contributed by atoms with van der Waals surface area (Å²) in [7, 11) is 0. The number of hydrogen-bond acceptors (Lipinski definition) is 4. The Hall–Kier alpha value is -2.30. The van der Waals surface area contributed by atoms with Gasteiger partial charge in [-0.2, -0.15) is 0 Å². The summed E-state index contributed by atoms with van der Waals surface area (Å²) in [6, 6.07) is 11.2. The second kappa shape index (κ2) is 5.83. The summed E-state index contributed by atoms with van der Waals surface area (Å²) < 4.78 is 10.2. The van der Waals surface area contributed by atoms with Crippen molar-refractivity contribution in [3.05, 3.63) is 69.7 Å². The van der Waals surface area contributed by atoms with E-state index in [9.17, 15) is 9.59 Å². The van der Waals surface area contributed by atoms with E-state index in [4.69, 9.17) is 32.7 Å². The second-order valence-corrected chi connectivity index (χ2v) is 5.34. The minimum atomic E-state index is -0.696. The molecule has 0 amide bonds. The van der Waals surface area contributed by atoms with Gasteiger partial charge >= 0.3 is 11.9 Å². The van der Waals surface area contributed by atoms with E-state index < -0.39 is 11.9 Å². The summed E-state index contributed by atoms with van der Waals surface area (Å²) in [6.07, 6.45) is 1.11. The zero-order valence-electron chi connectivity index (χ0n) is 11.0. The second-order valence-electron chi connectivity index (χ2n) is 4.47. The van der Waals surface area contributed by atoms with Gasteiger partial charge in [0.15, 0.2) is 0 Å². The highest BCUT2D eigenvalue weighted by Crippen LogP contribution is 2.30. The molecule has 0 radical (unpaired) electrons. The maximum Gasteiger partial charge on any atom is 0.344 e. The zero-order chi connectivity index (χ0) is 15.7. The largest absolute Gasteiger partial charge is 0.423 e. The molecule has 4 nitrogen and oxygen atoms in total. The number of fused-ring (bicyclic) bond motifs is 1. The van der Waals surface area contributed by atoms with Gasteiger partial charge in [-0.3, -0.25) is 0 Å². The summed E-state index contributed by atoms with van der Waals surface area (Å²) in [4.78, 5) is 23.6. The molecule has 2 aromatic rings. The Kier molecular flexibility index (Phi) is 3.88. The van der Waals surface area contributed by atoms with Crippen molar-refractivity contribution in [2.24, 2.45) is 0 Å². The van der Waals surface area contributed by atoms with Gasteiger partial charge in [0.1, 0.15) is 11.5 Å². The van der Waals surface area contributed by atoms with E-state index in [0.717, 1.165) is 6.08 Å². The van der Waals surface area contributed by atoms with Crippen LogP contribution < -0.4 is 4.74 Å². The van der Waals surface area contributed by atoms with Crippen molar-refractivity contribution in [2.45, 2.75) is 0 Å². The van der Waals surface area contributed by atoms with Crippen LogP contribution in [0.25, 0.3) is 5.76 Å². The van der Waals surface area contributed by atoms with Crippen molar-refractivity contribution < 1.29 is 19.1 Å². The molecule has 0 saturated carbocycles. The van der Waals surface area contributed by atoms with E-state index in [2.05, 4.69) is 0 Å². The summed E-state index contributed by atoms with van der Waals surface area (Å²) in [6.45, 7) is 0. The van der Waals surface area contributed by atoms with Gasteiger partial charge in [0.05, 0.1) is 11.6 Å². The smallest absolute Gasteiger partial charge is 0.344 e. The highest BCUT2D eigenvalue weighted by Gasteiger charge is 2.26. The van der Waals surface area contributed by atoms with Crippen LogP contribution in [0, 0.1) is 0 Å². The van der Waals surface area contributed by atoms with E-state index in [-0.39, 0.29) is 11.5 Å². The van der Waals surface area contributed by atoms with Gasteiger partial charge in [-0.15, -0.1) is 0 Å². The molecule has 0 atom stereocenters. The average Bonchev–Trinajstić information content (AvgIpc) is 2.75. The predicted octanol–water partition coefficient (Wildman–Crippen LogP) is 4.11. The molecule has 110 valence electrons. The van der Waals surface area contributed by atoms with E-state index in [0.29, 0.717) is 21.2 Å². The lowest BCUT2D eigenvalue weighted by atomic mass is 10.1. The van der Waals surface area contributed by atoms with Crippen LogP contribution in [0.5, 0.6) is 5.75 Å². The van der Waals surface area contributed by atoms with Crippen LogP contribution >= 0.6 is 23.2 Å². The Morgan fingerprint density at radius 1 is 1.05 bits per heavy atom. The molecular weight excluding hydrogens is 327 g/mol. The van der Waals surface area contributed by atoms with E-state index in [1.165, 1.54) is 18.2 Å². The van der Waals surface area contributed by atoms with Gasteiger partial charge in [0.25, 0.3) is 0 Å². The van der Waals surface area contributed by atoms with Crippen molar-refractivity contribution in [3.8, 4) is 5.75 Å². The number of carbonyl (C=O) groups excluding carboxylic acids is 2. The molecule has 0 aromatic heterocycles. The Morgan fingerprint density at radius 2 is 1.68 bits per heavy atom. The lowest BCUT2D eigenvalue weighted by molar-refractivity contribution is -0.128. The molecule has 0 unspecified atom stereocenters. The molecule has 1 aliphatic rings. The third-order valence-corrected chi connectivity index (χ3v) is 3.35. The van der Waals surface area contributed by atoms with Crippen LogP contribution in [0.2, 0.25) is 10.0 Å². The van der Waals surface area contributed by atoms with Crippen LogP contribution in [0.3, 0.4) is 0 Å². The molecule has 0 saturated heterocycles. The molecule has 0 bridgehead atoms. The van der Waals surface area contributed by atoms with E-state index >= 15 is 0 Å². The fourth-order valence-electron chi connectivity index (χ4n) is 2.03. The number of ether oxygens (including phenoxy) is 2. The first kappa shape index (κ1) is 14.6. The molecule has 2 aromatic carbocycles. The van der Waals surface area contributed by atoms with Crippen molar-refractivity contribution in [1.29, 1.82) is 0 Å². The molecule has 0 fully saturated rings. The number of rotatable bonds is 2. The Bertz CT molecular complexity index is 791. The van der Waals surface area contributed by atoms with E-state index in [1.807, 2.05) is 0 Å². The number of esters is 2. The van der Waals surface area contributed by atoms with Crippen LogP contribution in [0.15, 0.2) is 48.5 Å². The molecule has 1 heterocycles. The molecule has 0 spiro atoms. The van der Waals surface area contributed by atoms with Gasteiger partial charge in [-0.25, -0.2) is 9.59 Å². The minimum absolute atomic E-state index is 0.152. The molecule has 0 N–H and O–H groups in total. The van der Waals surface area contributed by atoms with Gasteiger partial charge in [-0.05, 0) is 24.3 Å². The van der Waals surface area contributed by atoms with Gasteiger partial charge in [0, 0.05) is 15.6 Å². The van der Waals surface area contributed by atoms with Crippen molar-refractivity contribution >= 4 is 40.9 Å². The molecule has 1 aliphatic heterocycles. The van der Waals surface area contributed by atoms with Crippen LogP contribution in [0.1, 0.15) is 15.9 Å². The maximum absolute atomic E-state index is 11.9. The molecule has 6 heteroatoms. The minimum Gasteiger partial charge on any atom is -0.423 e. The third kappa shape index (κ3) is 2.98. The highest BCUT2D eigenvalue weighted by atomic mass is 35.5. The summed E-state index contributed by atoms with van der Waals surface area (Å²) in [5, 5.41) is 0.696. The topological polar surface area (TPSA) is 52.6 Å². The SMILES string of the molecule is O=C(/C=C1\OC(=O)c2ccccc21)Oc1cc(Cl)cc(Cl)c1.